The summed E-state index contributed by atoms with van der Waals surface area (Å²) in [7, 11) is 0. The van der Waals surface area contributed by atoms with Gasteiger partial charge in [0.1, 0.15) is 6.04 Å². The molecule has 0 amide bonds. The molecular formula is C32H40N4O3. The molecule has 206 valence electrons. The Kier molecular flexibility index (Phi) is 7.80. The maximum absolute atomic E-state index is 12.5. The molecule has 2 saturated heterocycles. The van der Waals surface area contributed by atoms with Crippen molar-refractivity contribution in [2.24, 2.45) is 11.8 Å². The summed E-state index contributed by atoms with van der Waals surface area (Å²) in [5.41, 5.74) is 2.14. The van der Waals surface area contributed by atoms with E-state index in [0.717, 1.165) is 76.8 Å². The van der Waals surface area contributed by atoms with Crippen LogP contribution in [0.2, 0.25) is 0 Å². The standard InChI is InChI=1S/C32H40N4O3/c37-31-27-13-7-8-14-29(27)36(22-33-31)26-15-17-34(18-16-26)19-25-20-35(21-28(25)23-9-3-1-4-10-23)30(32(38)39)24-11-5-2-6-12-24/h1,3-4,7-10,13-14,22,24-26,28,30H,2,5-6,11-12,15-21H2,(H,38,39)/t25?,28-,30-/m1/s1. The van der Waals surface area contributed by atoms with Gasteiger partial charge in [-0.2, -0.15) is 4.98 Å². The van der Waals surface area contributed by atoms with Crippen LogP contribution in [0.5, 0.6) is 0 Å². The van der Waals surface area contributed by atoms with E-state index in [4.69, 9.17) is 0 Å². The number of carbonyl (C=O) groups is 1. The Balaban J connectivity index is 1.16. The predicted molar refractivity (Wildman–Crippen MR) is 153 cm³/mol. The number of aromatic nitrogens is 2. The highest BCUT2D eigenvalue weighted by molar-refractivity contribution is 5.77. The van der Waals surface area contributed by atoms with Gasteiger partial charge in [0.05, 0.1) is 17.2 Å². The number of likely N-dealkylation sites (tertiary alicyclic amines) is 2. The summed E-state index contributed by atoms with van der Waals surface area (Å²) >= 11 is 0. The molecular weight excluding hydrogens is 488 g/mol. The van der Waals surface area contributed by atoms with Crippen molar-refractivity contribution in [2.45, 2.75) is 62.9 Å². The Morgan fingerprint density at radius 1 is 0.923 bits per heavy atom. The fourth-order valence-electron chi connectivity index (χ4n) is 7.63. The zero-order valence-corrected chi connectivity index (χ0v) is 22.7. The van der Waals surface area contributed by atoms with Gasteiger partial charge in [-0.25, -0.2) is 0 Å². The molecule has 39 heavy (non-hydrogen) atoms. The van der Waals surface area contributed by atoms with Crippen molar-refractivity contribution in [3.8, 4) is 0 Å². The highest BCUT2D eigenvalue weighted by Crippen LogP contribution is 2.39. The van der Waals surface area contributed by atoms with E-state index in [-0.39, 0.29) is 17.5 Å². The quantitative estimate of drug-likeness (QED) is 0.476. The van der Waals surface area contributed by atoms with Crippen molar-refractivity contribution in [3.05, 3.63) is 76.8 Å². The number of aliphatic carboxylic acids is 1. The van der Waals surface area contributed by atoms with Crippen molar-refractivity contribution in [1.29, 1.82) is 0 Å². The first kappa shape index (κ1) is 26.2. The molecule has 1 aliphatic carbocycles. The number of benzene rings is 2. The van der Waals surface area contributed by atoms with Crippen LogP contribution in [-0.4, -0.2) is 69.2 Å². The van der Waals surface area contributed by atoms with Crippen LogP contribution in [0.15, 0.2) is 65.7 Å². The van der Waals surface area contributed by atoms with Gasteiger partial charge in [-0.05, 0) is 55.2 Å². The zero-order valence-electron chi connectivity index (χ0n) is 22.7. The average Bonchev–Trinajstić information content (AvgIpc) is 3.38. The SMILES string of the molecule is O=C(O)[C@@H](C1CCCCC1)N1CC(CN2CCC(n3cnc(=O)c4ccccc43)CC2)[C@@H](c2ccccc2)C1. The van der Waals surface area contributed by atoms with Crippen LogP contribution in [0.1, 0.15) is 62.5 Å². The number of carboxylic acid groups (broad SMARTS) is 1. The number of piperidine rings is 1. The van der Waals surface area contributed by atoms with E-state index < -0.39 is 5.97 Å². The molecule has 1 unspecified atom stereocenters. The number of nitrogens with zero attached hydrogens (tertiary/aromatic N) is 4. The maximum atomic E-state index is 12.5. The second-order valence-electron chi connectivity index (χ2n) is 11.9. The molecule has 3 fully saturated rings. The lowest BCUT2D eigenvalue weighted by Crippen LogP contribution is -2.46. The Labute approximate surface area is 230 Å². The lowest BCUT2D eigenvalue weighted by atomic mass is 9.83. The van der Waals surface area contributed by atoms with Gasteiger partial charge in [-0.1, -0.05) is 61.7 Å². The molecule has 1 aromatic heterocycles. The van der Waals surface area contributed by atoms with Gasteiger partial charge in [0.2, 0.25) is 0 Å². The second kappa shape index (κ2) is 11.6. The fraction of sp³-hybridized carbons (Fsp3) is 0.531. The summed E-state index contributed by atoms with van der Waals surface area (Å²) < 4.78 is 2.19. The van der Waals surface area contributed by atoms with E-state index in [1.807, 2.05) is 24.3 Å². The van der Waals surface area contributed by atoms with E-state index >= 15 is 0 Å². The summed E-state index contributed by atoms with van der Waals surface area (Å²) in [5, 5.41) is 11.0. The Morgan fingerprint density at radius 3 is 2.38 bits per heavy atom. The largest absolute Gasteiger partial charge is 0.480 e. The van der Waals surface area contributed by atoms with Crippen molar-refractivity contribution < 1.29 is 9.90 Å². The van der Waals surface area contributed by atoms with Crippen molar-refractivity contribution in [1.82, 2.24) is 19.4 Å². The number of fused-ring (bicyclic) bond motifs is 1. The molecule has 3 aliphatic rings. The van der Waals surface area contributed by atoms with Crippen LogP contribution in [0.3, 0.4) is 0 Å². The van der Waals surface area contributed by atoms with Crippen LogP contribution in [0.25, 0.3) is 10.9 Å². The van der Waals surface area contributed by atoms with E-state index in [9.17, 15) is 14.7 Å². The van der Waals surface area contributed by atoms with Crippen LogP contribution in [0.4, 0.5) is 0 Å². The predicted octanol–water partition coefficient (Wildman–Crippen LogP) is 4.78. The molecule has 3 atom stereocenters. The van der Waals surface area contributed by atoms with Gasteiger partial charge < -0.3 is 14.6 Å². The topological polar surface area (TPSA) is 78.7 Å². The van der Waals surface area contributed by atoms with Crippen LogP contribution >= 0.6 is 0 Å². The van der Waals surface area contributed by atoms with E-state index in [2.05, 4.69) is 49.7 Å². The molecule has 0 spiro atoms. The van der Waals surface area contributed by atoms with Crippen molar-refractivity contribution in [3.63, 3.8) is 0 Å². The normalized spacial score (nSPS) is 24.7. The van der Waals surface area contributed by atoms with E-state index in [0.29, 0.717) is 23.3 Å². The number of carboxylic acids is 1. The molecule has 7 nitrogen and oxygen atoms in total. The maximum Gasteiger partial charge on any atom is 0.321 e. The Morgan fingerprint density at radius 2 is 1.64 bits per heavy atom. The van der Waals surface area contributed by atoms with Crippen LogP contribution in [0, 0.1) is 11.8 Å². The summed E-state index contributed by atoms with van der Waals surface area (Å²) in [5.74, 6) is 0.381. The van der Waals surface area contributed by atoms with Crippen molar-refractivity contribution >= 4 is 16.9 Å². The first-order valence-electron chi connectivity index (χ1n) is 14.8. The molecule has 6 rings (SSSR count). The minimum absolute atomic E-state index is 0.162. The van der Waals surface area contributed by atoms with Crippen LogP contribution < -0.4 is 5.56 Å². The van der Waals surface area contributed by atoms with Gasteiger partial charge in [-0.3, -0.25) is 14.5 Å². The number of hydrogen-bond donors (Lipinski definition) is 1. The molecule has 7 heteroatoms. The monoisotopic (exact) mass is 528 g/mol. The highest BCUT2D eigenvalue weighted by atomic mass is 16.4. The van der Waals surface area contributed by atoms with E-state index in [1.54, 1.807) is 6.33 Å². The Bertz CT molecular complexity index is 1330. The molecule has 3 aromatic rings. The third-order valence-electron chi connectivity index (χ3n) is 9.59. The zero-order chi connectivity index (χ0) is 26.8. The summed E-state index contributed by atoms with van der Waals surface area (Å²) in [6.45, 7) is 4.65. The number of hydrogen-bond acceptors (Lipinski definition) is 5. The average molecular weight is 529 g/mol. The van der Waals surface area contributed by atoms with Gasteiger partial charge in [-0.15, -0.1) is 0 Å². The molecule has 1 saturated carbocycles. The third kappa shape index (κ3) is 5.52. The van der Waals surface area contributed by atoms with Crippen LogP contribution in [-0.2, 0) is 4.79 Å². The summed E-state index contributed by atoms with van der Waals surface area (Å²) in [4.78, 5) is 33.8. The molecule has 0 radical (unpaired) electrons. The number of para-hydroxylation sites is 1. The van der Waals surface area contributed by atoms with E-state index in [1.165, 1.54) is 12.0 Å². The molecule has 2 aromatic carbocycles. The molecule has 0 bridgehead atoms. The highest BCUT2D eigenvalue weighted by Gasteiger charge is 2.43. The van der Waals surface area contributed by atoms with Gasteiger partial charge in [0, 0.05) is 44.7 Å². The first-order chi connectivity index (χ1) is 19.1. The first-order valence-corrected chi connectivity index (χ1v) is 14.8. The minimum Gasteiger partial charge on any atom is -0.480 e. The molecule has 2 aliphatic heterocycles. The van der Waals surface area contributed by atoms with Gasteiger partial charge in [0.25, 0.3) is 5.56 Å². The third-order valence-corrected chi connectivity index (χ3v) is 9.59. The summed E-state index contributed by atoms with van der Waals surface area (Å²) in [6, 6.07) is 18.5. The lowest BCUT2D eigenvalue weighted by molar-refractivity contribution is -0.145. The fourth-order valence-corrected chi connectivity index (χ4v) is 7.63. The lowest BCUT2D eigenvalue weighted by Gasteiger charge is -2.36. The summed E-state index contributed by atoms with van der Waals surface area (Å²) in [6.07, 6.45) is 9.38. The second-order valence-corrected chi connectivity index (χ2v) is 11.9. The molecule has 1 N–H and O–H groups in total. The smallest absolute Gasteiger partial charge is 0.321 e. The number of rotatable bonds is 7. The molecule has 3 heterocycles. The minimum atomic E-state index is -0.642. The van der Waals surface area contributed by atoms with Gasteiger partial charge >= 0.3 is 5.97 Å². The van der Waals surface area contributed by atoms with Crippen molar-refractivity contribution in [2.75, 3.05) is 32.7 Å². The Hall–Kier alpha value is -3.03. The van der Waals surface area contributed by atoms with Gasteiger partial charge in [0.15, 0.2) is 0 Å².